The molecule has 0 saturated carbocycles. The molecule has 164 valence electrons. The minimum Gasteiger partial charge on any atom is -0.373 e. The van der Waals surface area contributed by atoms with E-state index < -0.39 is 0 Å². The van der Waals surface area contributed by atoms with E-state index in [1.165, 1.54) is 5.56 Å². The molecule has 0 aliphatic heterocycles. The van der Waals surface area contributed by atoms with Gasteiger partial charge >= 0.3 is 0 Å². The standard InChI is InChI=1S/C25H24N8/c1-18(15-19-9-5-3-6-10-19)32(24-27-14-13-22(26-2)31-24)25-30-21(20-11-7-4-8-12-20)16-23-28-17-29-33(23)25/h3-14,16-18H,15H2,1-2H3,(H,26,27,31)/t18-/m0/s1. The summed E-state index contributed by atoms with van der Waals surface area (Å²) in [5.74, 6) is 1.88. The molecular formula is C25H24N8. The van der Waals surface area contributed by atoms with Crippen LogP contribution in [0.2, 0.25) is 0 Å². The van der Waals surface area contributed by atoms with Crippen LogP contribution in [0.15, 0.2) is 85.3 Å². The molecule has 2 aromatic carbocycles. The van der Waals surface area contributed by atoms with Crippen LogP contribution in [0.4, 0.5) is 17.7 Å². The summed E-state index contributed by atoms with van der Waals surface area (Å²) in [6.07, 6.45) is 4.07. The third-order valence-corrected chi connectivity index (χ3v) is 5.46. The zero-order valence-electron chi connectivity index (χ0n) is 18.5. The second-order valence-corrected chi connectivity index (χ2v) is 7.74. The van der Waals surface area contributed by atoms with Crippen LogP contribution >= 0.6 is 0 Å². The first-order valence-electron chi connectivity index (χ1n) is 10.8. The average molecular weight is 437 g/mol. The van der Waals surface area contributed by atoms with Gasteiger partial charge in [-0.25, -0.2) is 15.0 Å². The summed E-state index contributed by atoms with van der Waals surface area (Å²) in [5, 5.41) is 7.56. The molecule has 0 unspecified atom stereocenters. The highest BCUT2D eigenvalue weighted by Gasteiger charge is 2.25. The van der Waals surface area contributed by atoms with Crippen LogP contribution in [-0.2, 0) is 6.42 Å². The lowest BCUT2D eigenvalue weighted by Crippen LogP contribution is -2.34. The number of aromatic nitrogens is 6. The van der Waals surface area contributed by atoms with Gasteiger partial charge in [0.05, 0.1) is 5.69 Å². The van der Waals surface area contributed by atoms with Gasteiger partial charge < -0.3 is 5.32 Å². The molecule has 0 radical (unpaired) electrons. The first-order chi connectivity index (χ1) is 16.2. The Morgan fingerprint density at radius 1 is 0.939 bits per heavy atom. The molecule has 8 nitrogen and oxygen atoms in total. The molecule has 3 aromatic heterocycles. The fourth-order valence-electron chi connectivity index (χ4n) is 3.86. The number of nitrogens with one attached hydrogen (secondary N) is 1. The second kappa shape index (κ2) is 9.04. The van der Waals surface area contributed by atoms with Gasteiger partial charge in [-0.15, -0.1) is 0 Å². The van der Waals surface area contributed by atoms with Gasteiger partial charge in [0.2, 0.25) is 11.9 Å². The third kappa shape index (κ3) is 4.23. The quantitative estimate of drug-likeness (QED) is 0.405. The Balaban J connectivity index is 1.68. The van der Waals surface area contributed by atoms with E-state index in [0.29, 0.717) is 17.5 Å². The highest BCUT2D eigenvalue weighted by Crippen LogP contribution is 2.29. The second-order valence-electron chi connectivity index (χ2n) is 7.74. The minimum absolute atomic E-state index is 0.00886. The van der Waals surface area contributed by atoms with Crippen LogP contribution in [0, 0.1) is 0 Å². The van der Waals surface area contributed by atoms with E-state index in [2.05, 4.69) is 51.6 Å². The van der Waals surface area contributed by atoms with Crippen molar-refractivity contribution in [3.05, 3.63) is 90.9 Å². The summed E-state index contributed by atoms with van der Waals surface area (Å²) in [5.41, 5.74) is 3.74. The molecule has 1 atom stereocenters. The van der Waals surface area contributed by atoms with Gasteiger partial charge in [0, 0.05) is 30.9 Å². The van der Waals surface area contributed by atoms with Gasteiger partial charge in [-0.2, -0.15) is 14.6 Å². The zero-order chi connectivity index (χ0) is 22.6. The van der Waals surface area contributed by atoms with Gasteiger partial charge in [0.25, 0.3) is 0 Å². The number of fused-ring (bicyclic) bond motifs is 1. The maximum atomic E-state index is 5.02. The molecule has 0 fully saturated rings. The first-order valence-corrected chi connectivity index (χ1v) is 10.8. The maximum Gasteiger partial charge on any atom is 0.236 e. The van der Waals surface area contributed by atoms with Crippen molar-refractivity contribution in [2.75, 3.05) is 17.3 Å². The van der Waals surface area contributed by atoms with Gasteiger partial charge in [-0.05, 0) is 25.0 Å². The highest BCUT2D eigenvalue weighted by atomic mass is 15.4. The van der Waals surface area contributed by atoms with Crippen molar-refractivity contribution >= 4 is 23.4 Å². The van der Waals surface area contributed by atoms with Crippen LogP contribution in [0.25, 0.3) is 16.9 Å². The summed E-state index contributed by atoms with van der Waals surface area (Å²) >= 11 is 0. The molecule has 0 aliphatic carbocycles. The summed E-state index contributed by atoms with van der Waals surface area (Å²) < 4.78 is 1.74. The van der Waals surface area contributed by atoms with Crippen molar-refractivity contribution in [2.45, 2.75) is 19.4 Å². The van der Waals surface area contributed by atoms with Crippen molar-refractivity contribution < 1.29 is 0 Å². The van der Waals surface area contributed by atoms with E-state index in [1.807, 2.05) is 60.5 Å². The first kappa shape index (κ1) is 20.6. The molecule has 5 rings (SSSR count). The molecule has 5 aromatic rings. The zero-order valence-corrected chi connectivity index (χ0v) is 18.5. The Labute approximate surface area is 192 Å². The topological polar surface area (TPSA) is 84.1 Å². The monoisotopic (exact) mass is 436 g/mol. The number of hydrogen-bond acceptors (Lipinski definition) is 7. The Hall–Kier alpha value is -4.33. The van der Waals surface area contributed by atoms with E-state index in [4.69, 9.17) is 9.97 Å². The molecule has 0 aliphatic rings. The normalized spacial score (nSPS) is 11.9. The molecule has 33 heavy (non-hydrogen) atoms. The maximum absolute atomic E-state index is 5.02. The van der Waals surface area contributed by atoms with Crippen molar-refractivity contribution in [3.63, 3.8) is 0 Å². The van der Waals surface area contributed by atoms with E-state index in [-0.39, 0.29) is 6.04 Å². The van der Waals surface area contributed by atoms with Crippen molar-refractivity contribution in [2.24, 2.45) is 0 Å². The number of rotatable bonds is 7. The van der Waals surface area contributed by atoms with Crippen molar-refractivity contribution in [3.8, 4) is 11.3 Å². The number of hydrogen-bond donors (Lipinski definition) is 1. The lowest BCUT2D eigenvalue weighted by Gasteiger charge is -2.29. The molecular weight excluding hydrogens is 412 g/mol. The van der Waals surface area contributed by atoms with Crippen molar-refractivity contribution in [1.29, 1.82) is 0 Å². The minimum atomic E-state index is -0.00886. The Kier molecular flexibility index (Phi) is 5.63. The summed E-state index contributed by atoms with van der Waals surface area (Å²) in [4.78, 5) is 20.8. The smallest absolute Gasteiger partial charge is 0.236 e. The van der Waals surface area contributed by atoms with Crippen LogP contribution in [-0.4, -0.2) is 42.6 Å². The SMILES string of the molecule is CNc1ccnc(N(c2nc(-c3ccccc3)cc3ncnn23)[C@@H](C)Cc2ccccc2)n1. The fourth-order valence-corrected chi connectivity index (χ4v) is 3.86. The number of benzene rings is 2. The van der Waals surface area contributed by atoms with Crippen molar-refractivity contribution in [1.82, 2.24) is 29.5 Å². The van der Waals surface area contributed by atoms with Crippen LogP contribution < -0.4 is 10.2 Å². The largest absolute Gasteiger partial charge is 0.373 e. The van der Waals surface area contributed by atoms with Crippen LogP contribution in [0.3, 0.4) is 0 Å². The molecule has 1 N–H and O–H groups in total. The summed E-state index contributed by atoms with van der Waals surface area (Å²) in [6.45, 7) is 2.14. The van der Waals surface area contributed by atoms with E-state index in [9.17, 15) is 0 Å². The van der Waals surface area contributed by atoms with Gasteiger partial charge in [-0.3, -0.25) is 4.90 Å². The van der Waals surface area contributed by atoms with Crippen LogP contribution in [0.1, 0.15) is 12.5 Å². The van der Waals surface area contributed by atoms with Gasteiger partial charge in [-0.1, -0.05) is 60.7 Å². The predicted molar refractivity (Wildman–Crippen MR) is 130 cm³/mol. The predicted octanol–water partition coefficient (Wildman–Crippen LogP) is 4.39. The average Bonchev–Trinajstić information content (AvgIpc) is 3.34. The fraction of sp³-hybridized carbons (Fsp3) is 0.160. The lowest BCUT2D eigenvalue weighted by atomic mass is 10.1. The Morgan fingerprint density at radius 3 is 2.45 bits per heavy atom. The number of anilines is 3. The highest BCUT2D eigenvalue weighted by molar-refractivity contribution is 5.67. The van der Waals surface area contributed by atoms with Gasteiger partial charge in [0.15, 0.2) is 5.65 Å². The van der Waals surface area contributed by atoms with E-state index in [0.717, 1.165) is 23.5 Å². The Morgan fingerprint density at radius 2 is 1.70 bits per heavy atom. The lowest BCUT2D eigenvalue weighted by molar-refractivity contribution is 0.664. The molecule has 8 heteroatoms. The summed E-state index contributed by atoms with van der Waals surface area (Å²) in [7, 11) is 1.84. The molecule has 0 saturated heterocycles. The molecule has 3 heterocycles. The van der Waals surface area contributed by atoms with E-state index >= 15 is 0 Å². The summed E-state index contributed by atoms with van der Waals surface area (Å²) in [6, 6.07) is 24.2. The third-order valence-electron chi connectivity index (χ3n) is 5.46. The molecule has 0 amide bonds. The van der Waals surface area contributed by atoms with E-state index in [1.54, 1.807) is 17.0 Å². The van der Waals surface area contributed by atoms with Gasteiger partial charge in [0.1, 0.15) is 12.1 Å². The molecule has 0 spiro atoms. The molecule has 0 bridgehead atoms. The Bertz CT molecular complexity index is 1350. The number of nitrogens with zero attached hydrogens (tertiary/aromatic N) is 7. The van der Waals surface area contributed by atoms with Crippen LogP contribution in [0.5, 0.6) is 0 Å².